The van der Waals surface area contributed by atoms with Crippen molar-refractivity contribution >= 4 is 0 Å². The minimum atomic E-state index is 0.207. The van der Waals surface area contributed by atoms with E-state index in [0.717, 1.165) is 31.1 Å². The van der Waals surface area contributed by atoms with Gasteiger partial charge in [-0.3, -0.25) is 0 Å². The van der Waals surface area contributed by atoms with Crippen molar-refractivity contribution in [3.05, 3.63) is 5.21 Å². The Labute approximate surface area is 55.2 Å². The molecule has 0 amide bonds. The van der Waals surface area contributed by atoms with E-state index in [2.05, 4.69) is 0 Å². The van der Waals surface area contributed by atoms with E-state index in [-0.39, 0.29) is 6.04 Å². The molecule has 3 nitrogen and oxygen atoms in total. The van der Waals surface area contributed by atoms with Gasteiger partial charge in [-0.2, -0.15) is 0 Å². The molecule has 1 rings (SSSR count). The van der Waals surface area contributed by atoms with Crippen LogP contribution in [0.1, 0.15) is 12.8 Å². The quantitative estimate of drug-likeness (QED) is 0.487. The molecule has 0 aromatic heterocycles. The summed E-state index contributed by atoms with van der Waals surface area (Å²) in [5, 5.41) is 11.7. The molecule has 0 spiro atoms. The van der Waals surface area contributed by atoms with Gasteiger partial charge in [-0.1, -0.05) is 0 Å². The van der Waals surface area contributed by atoms with E-state index < -0.39 is 0 Å². The third-order valence-corrected chi connectivity index (χ3v) is 1.71. The Bertz CT molecular complexity index is 79.1. The van der Waals surface area contributed by atoms with Crippen molar-refractivity contribution in [3.63, 3.8) is 0 Å². The topological polar surface area (TPSA) is 35.5 Å². The highest BCUT2D eigenvalue weighted by molar-refractivity contribution is 4.71. The summed E-state index contributed by atoms with van der Waals surface area (Å²) in [7, 11) is 1.58. The second-order valence-electron chi connectivity index (χ2n) is 2.39. The first kappa shape index (κ1) is 6.99. The zero-order valence-corrected chi connectivity index (χ0v) is 5.67. The van der Waals surface area contributed by atoms with E-state index in [9.17, 15) is 5.21 Å². The first-order valence-corrected chi connectivity index (χ1v) is 3.28. The summed E-state index contributed by atoms with van der Waals surface area (Å²) in [6, 6.07) is 0.207. The molecule has 1 aliphatic heterocycles. The molecule has 0 atom stereocenters. The molecule has 0 radical (unpaired) electrons. The number of hydroxylamine groups is 2. The van der Waals surface area contributed by atoms with Crippen LogP contribution in [-0.4, -0.2) is 31.4 Å². The molecule has 0 N–H and O–H groups in total. The lowest BCUT2D eigenvalue weighted by Gasteiger charge is -2.35. The lowest BCUT2D eigenvalue weighted by Crippen LogP contribution is -2.32. The predicted molar refractivity (Wildman–Crippen MR) is 35.0 cm³/mol. The van der Waals surface area contributed by atoms with Gasteiger partial charge in [0.1, 0.15) is 0 Å². The van der Waals surface area contributed by atoms with E-state index in [1.54, 1.807) is 7.05 Å². The first-order valence-electron chi connectivity index (χ1n) is 3.28. The Kier molecular flexibility index (Phi) is 2.45. The Hall–Kier alpha value is -0.120. The third kappa shape index (κ3) is 1.93. The summed E-state index contributed by atoms with van der Waals surface area (Å²) >= 11 is 0. The molecule has 0 aromatic rings. The van der Waals surface area contributed by atoms with Crippen LogP contribution in [0, 0.1) is 5.21 Å². The monoisotopic (exact) mass is 130 g/mol. The van der Waals surface area contributed by atoms with Gasteiger partial charge in [0.2, 0.25) is 0 Å². The van der Waals surface area contributed by atoms with E-state index in [1.807, 2.05) is 0 Å². The fraction of sp³-hybridized carbons (Fsp3) is 1.00. The molecule has 0 aromatic carbocycles. The maximum atomic E-state index is 10.7. The number of rotatable bonds is 1. The molecule has 3 heteroatoms. The van der Waals surface area contributed by atoms with Crippen LogP contribution in [0.2, 0.25) is 0 Å². The number of hydrogen-bond donors (Lipinski definition) is 0. The lowest BCUT2D eigenvalue weighted by molar-refractivity contribution is 0.0559. The molecule has 0 unspecified atom stereocenters. The maximum Gasteiger partial charge on any atom is 0.0480 e. The predicted octanol–water partition coefficient (Wildman–Crippen LogP) is 0.595. The smallest absolute Gasteiger partial charge is 0.0480 e. The SMILES string of the molecule is CN([O-])C1CCOCC1. The van der Waals surface area contributed by atoms with Crippen LogP contribution in [0.3, 0.4) is 0 Å². The van der Waals surface area contributed by atoms with Gasteiger partial charge in [-0.25, -0.2) is 0 Å². The van der Waals surface area contributed by atoms with Crippen molar-refractivity contribution < 1.29 is 4.74 Å². The van der Waals surface area contributed by atoms with Crippen LogP contribution in [0.15, 0.2) is 0 Å². The summed E-state index contributed by atoms with van der Waals surface area (Å²) in [5.74, 6) is 0. The van der Waals surface area contributed by atoms with Gasteiger partial charge in [0.25, 0.3) is 0 Å². The molecule has 1 heterocycles. The molecule has 1 aliphatic rings. The number of hydrogen-bond acceptors (Lipinski definition) is 3. The van der Waals surface area contributed by atoms with E-state index in [1.165, 1.54) is 0 Å². The highest BCUT2D eigenvalue weighted by Gasteiger charge is 2.11. The van der Waals surface area contributed by atoms with Crippen LogP contribution in [0.5, 0.6) is 0 Å². The summed E-state index contributed by atoms with van der Waals surface area (Å²) in [6.45, 7) is 1.49. The van der Waals surface area contributed by atoms with Crippen LogP contribution in [0.4, 0.5) is 0 Å². The van der Waals surface area contributed by atoms with Crippen molar-refractivity contribution in [1.29, 1.82) is 0 Å². The van der Waals surface area contributed by atoms with E-state index in [0.29, 0.717) is 0 Å². The summed E-state index contributed by atoms with van der Waals surface area (Å²) in [4.78, 5) is 0. The van der Waals surface area contributed by atoms with Gasteiger partial charge in [0.05, 0.1) is 0 Å². The van der Waals surface area contributed by atoms with Crippen LogP contribution >= 0.6 is 0 Å². The maximum absolute atomic E-state index is 10.7. The molecule has 1 saturated heterocycles. The standard InChI is InChI=1S/C6H12NO2/c1-7(8)6-2-4-9-5-3-6/h6H,2-5H2,1H3/q-1. The minimum Gasteiger partial charge on any atom is -0.785 e. The van der Waals surface area contributed by atoms with Crippen LogP contribution in [-0.2, 0) is 4.74 Å². The number of ether oxygens (including phenoxy) is 1. The summed E-state index contributed by atoms with van der Waals surface area (Å²) in [6.07, 6.45) is 1.78. The first-order chi connectivity index (χ1) is 4.30. The van der Waals surface area contributed by atoms with Crippen molar-refractivity contribution in [2.24, 2.45) is 0 Å². The minimum absolute atomic E-state index is 0.207. The Morgan fingerprint density at radius 3 is 2.33 bits per heavy atom. The fourth-order valence-corrected chi connectivity index (χ4v) is 1.05. The Balaban J connectivity index is 2.23. The zero-order valence-electron chi connectivity index (χ0n) is 5.67. The second-order valence-corrected chi connectivity index (χ2v) is 2.39. The molecule has 0 aliphatic carbocycles. The van der Waals surface area contributed by atoms with Gasteiger partial charge in [0, 0.05) is 19.3 Å². The molecule has 0 bridgehead atoms. The van der Waals surface area contributed by atoms with Gasteiger partial charge in [-0.15, -0.1) is 0 Å². The number of nitrogens with zero attached hydrogens (tertiary/aromatic N) is 1. The second kappa shape index (κ2) is 3.15. The highest BCUT2D eigenvalue weighted by atomic mass is 16.5. The fourth-order valence-electron chi connectivity index (χ4n) is 1.05. The lowest BCUT2D eigenvalue weighted by atomic mass is 10.1. The van der Waals surface area contributed by atoms with Gasteiger partial charge in [0.15, 0.2) is 0 Å². The van der Waals surface area contributed by atoms with Gasteiger partial charge in [-0.05, 0) is 19.9 Å². The summed E-state index contributed by atoms with van der Waals surface area (Å²) < 4.78 is 5.08. The Morgan fingerprint density at radius 1 is 1.44 bits per heavy atom. The molecular formula is C6H12NO2-. The normalized spacial score (nSPS) is 23.0. The third-order valence-electron chi connectivity index (χ3n) is 1.71. The molecule has 9 heavy (non-hydrogen) atoms. The van der Waals surface area contributed by atoms with Crippen molar-refractivity contribution in [2.75, 3.05) is 20.3 Å². The van der Waals surface area contributed by atoms with Crippen molar-refractivity contribution in [2.45, 2.75) is 18.9 Å². The van der Waals surface area contributed by atoms with Gasteiger partial charge < -0.3 is 15.0 Å². The van der Waals surface area contributed by atoms with Crippen LogP contribution in [0.25, 0.3) is 0 Å². The average Bonchev–Trinajstić information content (AvgIpc) is 1.90. The highest BCUT2D eigenvalue weighted by Crippen LogP contribution is 2.10. The molecule has 54 valence electrons. The Morgan fingerprint density at radius 2 is 2.00 bits per heavy atom. The van der Waals surface area contributed by atoms with Crippen molar-refractivity contribution in [1.82, 2.24) is 5.06 Å². The van der Waals surface area contributed by atoms with Gasteiger partial charge >= 0.3 is 0 Å². The molecule has 1 fully saturated rings. The van der Waals surface area contributed by atoms with Crippen LogP contribution < -0.4 is 0 Å². The summed E-state index contributed by atoms with van der Waals surface area (Å²) in [5.41, 5.74) is 0. The zero-order chi connectivity index (χ0) is 6.69. The average molecular weight is 130 g/mol. The van der Waals surface area contributed by atoms with Crippen molar-refractivity contribution in [3.8, 4) is 0 Å². The van der Waals surface area contributed by atoms with E-state index >= 15 is 0 Å². The largest absolute Gasteiger partial charge is 0.785 e. The van der Waals surface area contributed by atoms with E-state index in [4.69, 9.17) is 4.74 Å². The molecular weight excluding hydrogens is 118 g/mol. The molecule has 0 saturated carbocycles.